The van der Waals surface area contributed by atoms with Crippen LogP contribution in [0.25, 0.3) is 0 Å². The number of nitrogens with one attached hydrogen (secondary N) is 1. The lowest BCUT2D eigenvalue weighted by Crippen LogP contribution is -2.49. The molecule has 2 rings (SSSR count). The summed E-state index contributed by atoms with van der Waals surface area (Å²) >= 11 is 3.53. The molecule has 0 bridgehead atoms. The molecule has 0 aliphatic rings. The smallest absolute Gasteiger partial charge is 0.261 e. The first-order valence-corrected chi connectivity index (χ1v) is 10.1. The molecule has 0 aliphatic heterocycles. The van der Waals surface area contributed by atoms with E-state index in [1.54, 1.807) is 11.8 Å². The van der Waals surface area contributed by atoms with Crippen molar-refractivity contribution < 1.29 is 14.3 Å². The van der Waals surface area contributed by atoms with E-state index in [1.165, 1.54) is 0 Å². The molecule has 1 atom stereocenters. The number of hydrogen-bond donors (Lipinski definition) is 1. The predicted octanol–water partition coefficient (Wildman–Crippen LogP) is 4.00. The number of halogens is 1. The van der Waals surface area contributed by atoms with Crippen molar-refractivity contribution in [3.05, 3.63) is 63.6 Å². The lowest BCUT2D eigenvalue weighted by Gasteiger charge is -2.28. The molecule has 0 spiro atoms. The fraction of sp³-hybridized carbons (Fsp3) is 0.364. The zero-order valence-electron chi connectivity index (χ0n) is 16.8. The van der Waals surface area contributed by atoms with E-state index in [0.29, 0.717) is 18.8 Å². The summed E-state index contributed by atoms with van der Waals surface area (Å²) in [6, 6.07) is 12.8. The van der Waals surface area contributed by atoms with Crippen LogP contribution < -0.4 is 10.1 Å². The number of hydrogen-bond acceptors (Lipinski definition) is 3. The molecule has 28 heavy (non-hydrogen) atoms. The Kier molecular flexibility index (Phi) is 8.05. The first-order valence-electron chi connectivity index (χ1n) is 9.34. The van der Waals surface area contributed by atoms with Gasteiger partial charge in [-0.15, -0.1) is 0 Å². The van der Waals surface area contributed by atoms with Gasteiger partial charge in [-0.3, -0.25) is 9.59 Å². The Morgan fingerprint density at radius 2 is 1.75 bits per heavy atom. The molecule has 0 unspecified atom stereocenters. The van der Waals surface area contributed by atoms with Crippen molar-refractivity contribution in [1.82, 2.24) is 10.2 Å². The third kappa shape index (κ3) is 5.83. The van der Waals surface area contributed by atoms with Crippen LogP contribution in [-0.2, 0) is 16.1 Å². The average molecular weight is 447 g/mol. The van der Waals surface area contributed by atoms with Crippen molar-refractivity contribution >= 4 is 27.7 Å². The minimum Gasteiger partial charge on any atom is -0.484 e. The maximum Gasteiger partial charge on any atom is 0.261 e. The number of nitrogens with zero attached hydrogens (tertiary/aromatic N) is 1. The maximum atomic E-state index is 12.9. The van der Waals surface area contributed by atoms with E-state index >= 15 is 0 Å². The summed E-state index contributed by atoms with van der Waals surface area (Å²) in [5.74, 6) is 0.222. The van der Waals surface area contributed by atoms with Gasteiger partial charge in [-0.1, -0.05) is 46.3 Å². The summed E-state index contributed by atoms with van der Waals surface area (Å²) in [6.45, 7) is 8.28. The summed E-state index contributed by atoms with van der Waals surface area (Å²) in [7, 11) is 0. The van der Waals surface area contributed by atoms with E-state index in [1.807, 2.05) is 63.2 Å². The fourth-order valence-corrected chi connectivity index (χ4v) is 3.13. The van der Waals surface area contributed by atoms with Crippen LogP contribution in [0.1, 0.15) is 30.5 Å². The highest BCUT2D eigenvalue weighted by Gasteiger charge is 2.26. The number of aryl methyl sites for hydroxylation is 2. The van der Waals surface area contributed by atoms with Gasteiger partial charge in [0.1, 0.15) is 11.8 Å². The lowest BCUT2D eigenvalue weighted by atomic mass is 10.1. The highest BCUT2D eigenvalue weighted by molar-refractivity contribution is 9.10. The second-order valence-corrected chi connectivity index (χ2v) is 7.53. The van der Waals surface area contributed by atoms with Crippen LogP contribution in [0.4, 0.5) is 0 Å². The molecule has 5 nitrogen and oxygen atoms in total. The van der Waals surface area contributed by atoms with Crippen LogP contribution in [0.3, 0.4) is 0 Å². The molecule has 2 aromatic rings. The number of ether oxygens (including phenoxy) is 1. The van der Waals surface area contributed by atoms with Gasteiger partial charge < -0.3 is 15.0 Å². The maximum absolute atomic E-state index is 12.9. The van der Waals surface area contributed by atoms with Gasteiger partial charge in [-0.25, -0.2) is 0 Å². The van der Waals surface area contributed by atoms with Gasteiger partial charge in [0.15, 0.2) is 6.61 Å². The van der Waals surface area contributed by atoms with Crippen LogP contribution in [0.15, 0.2) is 46.9 Å². The third-order valence-corrected chi connectivity index (χ3v) is 5.74. The summed E-state index contributed by atoms with van der Waals surface area (Å²) in [5, 5.41) is 2.78. The Bertz CT molecular complexity index is 801. The predicted molar refractivity (Wildman–Crippen MR) is 114 cm³/mol. The highest BCUT2D eigenvalue weighted by atomic mass is 79.9. The minimum absolute atomic E-state index is 0.128. The lowest BCUT2D eigenvalue weighted by molar-refractivity contribution is -0.142. The van der Waals surface area contributed by atoms with Gasteiger partial charge in [0, 0.05) is 17.6 Å². The Balaban J connectivity index is 2.14. The second kappa shape index (κ2) is 10.3. The van der Waals surface area contributed by atoms with Crippen molar-refractivity contribution in [3.63, 3.8) is 0 Å². The first kappa shape index (κ1) is 22.0. The summed E-state index contributed by atoms with van der Waals surface area (Å²) in [4.78, 5) is 26.8. The Morgan fingerprint density at radius 1 is 1.14 bits per heavy atom. The molecular weight excluding hydrogens is 420 g/mol. The van der Waals surface area contributed by atoms with Crippen molar-refractivity contribution in [2.24, 2.45) is 0 Å². The number of carbonyl (C=O) groups is 2. The van der Waals surface area contributed by atoms with E-state index in [2.05, 4.69) is 21.2 Å². The van der Waals surface area contributed by atoms with Crippen molar-refractivity contribution in [2.45, 2.75) is 40.3 Å². The normalized spacial score (nSPS) is 11.6. The highest BCUT2D eigenvalue weighted by Crippen LogP contribution is 2.26. The minimum atomic E-state index is -0.593. The number of benzene rings is 2. The molecule has 0 fully saturated rings. The Hall–Kier alpha value is -2.34. The van der Waals surface area contributed by atoms with Crippen LogP contribution in [0.2, 0.25) is 0 Å². The van der Waals surface area contributed by atoms with Gasteiger partial charge in [-0.05, 0) is 56.5 Å². The molecule has 6 heteroatoms. The number of likely N-dealkylation sites (N-methyl/N-ethyl adjacent to an activating group) is 1. The zero-order valence-corrected chi connectivity index (χ0v) is 18.4. The molecule has 2 aromatic carbocycles. The van der Waals surface area contributed by atoms with Crippen LogP contribution >= 0.6 is 15.9 Å². The first-order chi connectivity index (χ1) is 13.3. The molecule has 0 saturated heterocycles. The Labute approximate surface area is 175 Å². The van der Waals surface area contributed by atoms with Gasteiger partial charge in [0.05, 0.1) is 0 Å². The monoisotopic (exact) mass is 446 g/mol. The summed E-state index contributed by atoms with van der Waals surface area (Å²) in [6.07, 6.45) is 0. The fourth-order valence-electron chi connectivity index (χ4n) is 2.90. The van der Waals surface area contributed by atoms with Gasteiger partial charge in [0.25, 0.3) is 5.91 Å². The molecule has 0 radical (unpaired) electrons. The molecule has 2 amide bonds. The van der Waals surface area contributed by atoms with Gasteiger partial charge >= 0.3 is 0 Å². The third-order valence-electron chi connectivity index (χ3n) is 4.49. The molecule has 150 valence electrons. The molecule has 0 heterocycles. The Morgan fingerprint density at radius 3 is 2.32 bits per heavy atom. The molecule has 0 saturated carbocycles. The van der Waals surface area contributed by atoms with E-state index in [-0.39, 0.29) is 18.4 Å². The zero-order chi connectivity index (χ0) is 20.7. The second-order valence-electron chi connectivity index (χ2n) is 6.74. The molecule has 1 N–H and O–H groups in total. The van der Waals surface area contributed by atoms with E-state index in [0.717, 1.165) is 21.2 Å². The van der Waals surface area contributed by atoms with Crippen LogP contribution in [-0.4, -0.2) is 35.9 Å². The molecule has 0 aliphatic carbocycles. The summed E-state index contributed by atoms with van der Waals surface area (Å²) in [5.41, 5.74) is 3.04. The topological polar surface area (TPSA) is 58.6 Å². The molecule has 0 aromatic heterocycles. The van der Waals surface area contributed by atoms with Crippen molar-refractivity contribution in [3.8, 4) is 5.75 Å². The number of rotatable bonds is 8. The van der Waals surface area contributed by atoms with E-state index in [4.69, 9.17) is 4.74 Å². The standard InChI is InChI=1S/C22H27BrN2O3/c1-5-24-22(27)17(4)25(13-18-9-7-6-8-10-18)20(26)14-28-19-11-15(2)21(23)16(3)12-19/h6-12,17H,5,13-14H2,1-4H3,(H,24,27)/t17-/m0/s1. The SMILES string of the molecule is CCNC(=O)[C@H](C)N(Cc1ccccc1)C(=O)COc1cc(C)c(Br)c(C)c1. The largest absolute Gasteiger partial charge is 0.484 e. The van der Waals surface area contributed by atoms with Gasteiger partial charge in [0.2, 0.25) is 5.91 Å². The molecular formula is C22H27BrN2O3. The number of carbonyl (C=O) groups excluding carboxylic acids is 2. The van der Waals surface area contributed by atoms with Crippen molar-refractivity contribution in [1.29, 1.82) is 0 Å². The number of amides is 2. The van der Waals surface area contributed by atoms with Crippen molar-refractivity contribution in [2.75, 3.05) is 13.2 Å². The summed E-state index contributed by atoms with van der Waals surface area (Å²) < 4.78 is 6.78. The van der Waals surface area contributed by atoms with Crippen LogP contribution in [0, 0.1) is 13.8 Å². The van der Waals surface area contributed by atoms with Gasteiger partial charge in [-0.2, -0.15) is 0 Å². The van der Waals surface area contributed by atoms with E-state index < -0.39 is 6.04 Å². The van der Waals surface area contributed by atoms with E-state index in [9.17, 15) is 9.59 Å². The quantitative estimate of drug-likeness (QED) is 0.666. The average Bonchev–Trinajstić information content (AvgIpc) is 2.68. The van der Waals surface area contributed by atoms with Crippen LogP contribution in [0.5, 0.6) is 5.75 Å².